The first kappa shape index (κ1) is 15.0. The Labute approximate surface area is 130 Å². The molecule has 22 heavy (non-hydrogen) atoms. The summed E-state index contributed by atoms with van der Waals surface area (Å²) in [6.45, 7) is 6.79. The van der Waals surface area contributed by atoms with Crippen molar-refractivity contribution in [2.24, 2.45) is 5.92 Å². The summed E-state index contributed by atoms with van der Waals surface area (Å²) in [4.78, 5) is 18.4. The minimum Gasteiger partial charge on any atom is -0.477 e. The summed E-state index contributed by atoms with van der Waals surface area (Å²) in [5, 5.41) is 9.24. The predicted molar refractivity (Wildman–Crippen MR) is 85.3 cm³/mol. The molecule has 0 atom stereocenters. The van der Waals surface area contributed by atoms with Gasteiger partial charge in [-0.3, -0.25) is 4.40 Å². The first-order chi connectivity index (χ1) is 10.5. The number of carboxylic acids is 1. The van der Waals surface area contributed by atoms with E-state index in [-0.39, 0.29) is 5.69 Å². The van der Waals surface area contributed by atoms with Gasteiger partial charge in [-0.15, -0.1) is 0 Å². The van der Waals surface area contributed by atoms with Crippen LogP contribution in [0, 0.1) is 5.92 Å². The summed E-state index contributed by atoms with van der Waals surface area (Å²) in [5.74, 6) is -0.270. The number of aromatic carboxylic acids is 1. The molecule has 5 nitrogen and oxygen atoms in total. The van der Waals surface area contributed by atoms with E-state index in [1.807, 2.05) is 12.3 Å². The molecular weight excluding hydrogens is 278 g/mol. The molecule has 0 spiro atoms. The number of carboxylic acid groups (broad SMARTS) is 1. The zero-order chi connectivity index (χ0) is 15.7. The van der Waals surface area contributed by atoms with Gasteiger partial charge in [0.25, 0.3) is 0 Å². The van der Waals surface area contributed by atoms with Gasteiger partial charge in [-0.25, -0.2) is 9.78 Å². The van der Waals surface area contributed by atoms with E-state index < -0.39 is 5.97 Å². The number of pyridine rings is 1. The second kappa shape index (κ2) is 6.08. The topological polar surface area (TPSA) is 57.8 Å². The Morgan fingerprint density at radius 1 is 1.36 bits per heavy atom. The van der Waals surface area contributed by atoms with Crippen LogP contribution in [0.3, 0.4) is 0 Å². The van der Waals surface area contributed by atoms with E-state index in [4.69, 9.17) is 0 Å². The van der Waals surface area contributed by atoms with Gasteiger partial charge in [0, 0.05) is 12.2 Å². The van der Waals surface area contributed by atoms with Crippen LogP contribution in [-0.2, 0) is 6.42 Å². The minimum absolute atomic E-state index is 0.269. The predicted octanol–water partition coefficient (Wildman–Crippen LogP) is 2.70. The van der Waals surface area contributed by atoms with E-state index in [0.29, 0.717) is 12.0 Å². The summed E-state index contributed by atoms with van der Waals surface area (Å²) < 4.78 is 1.68. The highest BCUT2D eigenvalue weighted by atomic mass is 16.4. The summed E-state index contributed by atoms with van der Waals surface area (Å²) in [6, 6.07) is 5.84. The van der Waals surface area contributed by atoms with Crippen LogP contribution in [0.25, 0.3) is 5.65 Å². The van der Waals surface area contributed by atoms with Crippen molar-refractivity contribution in [2.75, 3.05) is 13.1 Å². The number of piperidine rings is 1. The van der Waals surface area contributed by atoms with Gasteiger partial charge in [0.05, 0.1) is 5.69 Å². The van der Waals surface area contributed by atoms with Crippen LogP contribution in [0.2, 0.25) is 0 Å². The molecule has 0 amide bonds. The lowest BCUT2D eigenvalue weighted by molar-refractivity contribution is 0.0689. The van der Waals surface area contributed by atoms with E-state index in [1.165, 1.54) is 12.8 Å². The average Bonchev–Trinajstić information content (AvgIpc) is 2.89. The molecule has 0 aliphatic carbocycles. The second-order valence-corrected chi connectivity index (χ2v) is 6.45. The lowest BCUT2D eigenvalue weighted by atomic mass is 9.92. The molecule has 1 fully saturated rings. The SMILES string of the molecule is CC(C)N1CCC(Cc2cn3c(C(=O)O)cccc3n2)CC1. The third-order valence-corrected chi connectivity index (χ3v) is 4.64. The quantitative estimate of drug-likeness (QED) is 0.943. The third kappa shape index (κ3) is 2.99. The highest BCUT2D eigenvalue weighted by Crippen LogP contribution is 2.23. The molecule has 0 radical (unpaired) electrons. The van der Waals surface area contributed by atoms with Gasteiger partial charge in [0.15, 0.2) is 0 Å². The number of nitrogens with zero attached hydrogens (tertiary/aromatic N) is 3. The zero-order valence-corrected chi connectivity index (χ0v) is 13.2. The van der Waals surface area contributed by atoms with Crippen molar-refractivity contribution >= 4 is 11.6 Å². The highest BCUT2D eigenvalue weighted by molar-refractivity contribution is 5.86. The molecule has 3 heterocycles. The fourth-order valence-electron chi connectivity index (χ4n) is 3.30. The van der Waals surface area contributed by atoms with Crippen molar-refractivity contribution in [1.82, 2.24) is 14.3 Å². The van der Waals surface area contributed by atoms with Crippen molar-refractivity contribution in [2.45, 2.75) is 39.2 Å². The molecule has 3 rings (SSSR count). The lowest BCUT2D eigenvalue weighted by Gasteiger charge is -2.34. The number of aromatic nitrogens is 2. The Morgan fingerprint density at radius 2 is 2.09 bits per heavy atom. The Hall–Kier alpha value is -1.88. The smallest absolute Gasteiger partial charge is 0.352 e. The number of hydrogen-bond donors (Lipinski definition) is 1. The van der Waals surface area contributed by atoms with Crippen molar-refractivity contribution in [1.29, 1.82) is 0 Å². The van der Waals surface area contributed by atoms with Crippen LogP contribution in [0.4, 0.5) is 0 Å². The molecule has 2 aromatic rings. The molecule has 0 saturated carbocycles. The summed E-state index contributed by atoms with van der Waals surface area (Å²) in [6.07, 6.45) is 5.20. The average molecular weight is 301 g/mol. The maximum absolute atomic E-state index is 11.3. The molecule has 1 aliphatic rings. The van der Waals surface area contributed by atoms with Gasteiger partial charge < -0.3 is 10.0 Å². The largest absolute Gasteiger partial charge is 0.477 e. The van der Waals surface area contributed by atoms with E-state index in [0.717, 1.165) is 30.9 Å². The number of rotatable bonds is 4. The third-order valence-electron chi connectivity index (χ3n) is 4.64. The molecular formula is C17H23N3O2. The van der Waals surface area contributed by atoms with Crippen LogP contribution < -0.4 is 0 Å². The molecule has 0 bridgehead atoms. The van der Waals surface area contributed by atoms with Crippen LogP contribution >= 0.6 is 0 Å². The zero-order valence-electron chi connectivity index (χ0n) is 13.2. The maximum atomic E-state index is 11.3. The molecule has 2 aromatic heterocycles. The molecule has 0 aromatic carbocycles. The normalized spacial score (nSPS) is 17.4. The van der Waals surface area contributed by atoms with E-state index in [9.17, 15) is 9.90 Å². The molecule has 1 aliphatic heterocycles. The lowest BCUT2D eigenvalue weighted by Crippen LogP contribution is -2.38. The van der Waals surface area contributed by atoms with Gasteiger partial charge in [-0.1, -0.05) is 6.07 Å². The number of hydrogen-bond acceptors (Lipinski definition) is 3. The summed E-state index contributed by atoms with van der Waals surface area (Å²) in [7, 11) is 0. The number of carbonyl (C=O) groups is 1. The van der Waals surface area contributed by atoms with Gasteiger partial charge in [0.2, 0.25) is 0 Å². The Morgan fingerprint density at radius 3 is 2.73 bits per heavy atom. The summed E-state index contributed by atoms with van der Waals surface area (Å²) in [5.41, 5.74) is 1.98. The minimum atomic E-state index is -0.917. The monoisotopic (exact) mass is 301 g/mol. The second-order valence-electron chi connectivity index (χ2n) is 6.45. The van der Waals surface area contributed by atoms with Gasteiger partial charge in [-0.2, -0.15) is 0 Å². The molecule has 0 unspecified atom stereocenters. The van der Waals surface area contributed by atoms with E-state index in [1.54, 1.807) is 16.5 Å². The van der Waals surface area contributed by atoms with Crippen LogP contribution in [0.1, 0.15) is 42.9 Å². The van der Waals surface area contributed by atoms with Crippen LogP contribution in [0.5, 0.6) is 0 Å². The number of likely N-dealkylation sites (tertiary alicyclic amines) is 1. The fraction of sp³-hybridized carbons (Fsp3) is 0.529. The summed E-state index contributed by atoms with van der Waals surface area (Å²) >= 11 is 0. The Kier molecular flexibility index (Phi) is 4.16. The molecule has 5 heteroatoms. The number of fused-ring (bicyclic) bond motifs is 1. The molecule has 1 saturated heterocycles. The fourth-order valence-corrected chi connectivity index (χ4v) is 3.30. The number of imidazole rings is 1. The Balaban J connectivity index is 1.73. The van der Waals surface area contributed by atoms with Crippen molar-refractivity contribution in [3.05, 3.63) is 35.8 Å². The first-order valence-corrected chi connectivity index (χ1v) is 7.99. The Bertz CT molecular complexity index is 670. The van der Waals surface area contributed by atoms with Crippen LogP contribution in [0.15, 0.2) is 24.4 Å². The van der Waals surface area contributed by atoms with Gasteiger partial charge in [0.1, 0.15) is 11.3 Å². The van der Waals surface area contributed by atoms with E-state index >= 15 is 0 Å². The van der Waals surface area contributed by atoms with Crippen molar-refractivity contribution in [3.8, 4) is 0 Å². The van der Waals surface area contributed by atoms with Crippen LogP contribution in [-0.4, -0.2) is 44.5 Å². The van der Waals surface area contributed by atoms with Gasteiger partial charge in [-0.05, 0) is 64.3 Å². The van der Waals surface area contributed by atoms with Gasteiger partial charge >= 0.3 is 5.97 Å². The van der Waals surface area contributed by atoms with Crippen molar-refractivity contribution in [3.63, 3.8) is 0 Å². The van der Waals surface area contributed by atoms with E-state index in [2.05, 4.69) is 23.7 Å². The first-order valence-electron chi connectivity index (χ1n) is 7.99. The van der Waals surface area contributed by atoms with Crippen molar-refractivity contribution < 1.29 is 9.90 Å². The molecule has 118 valence electrons. The standard InChI is InChI=1S/C17H23N3O2/c1-12(2)19-8-6-13(7-9-19)10-14-11-20-15(17(21)22)4-3-5-16(20)18-14/h3-5,11-13H,6-10H2,1-2H3,(H,21,22). The highest BCUT2D eigenvalue weighted by Gasteiger charge is 2.22. The maximum Gasteiger partial charge on any atom is 0.352 e. The molecule has 1 N–H and O–H groups in total.